The topological polar surface area (TPSA) is 86.1 Å². The number of rotatable bonds is 7. The summed E-state index contributed by atoms with van der Waals surface area (Å²) in [7, 11) is 1.87. The summed E-state index contributed by atoms with van der Waals surface area (Å²) >= 11 is 1.30. The molecule has 0 saturated heterocycles. The molecule has 30 heavy (non-hydrogen) atoms. The summed E-state index contributed by atoms with van der Waals surface area (Å²) < 4.78 is 7.05. The van der Waals surface area contributed by atoms with E-state index in [9.17, 15) is 9.59 Å². The Labute approximate surface area is 179 Å². The molecule has 0 bridgehead atoms. The quantitative estimate of drug-likeness (QED) is 0.454. The zero-order chi connectivity index (χ0) is 21.7. The van der Waals surface area contributed by atoms with E-state index in [2.05, 4.69) is 15.5 Å². The van der Waals surface area contributed by atoms with Crippen molar-refractivity contribution >= 4 is 29.3 Å². The normalized spacial score (nSPS) is 10.8. The largest absolute Gasteiger partial charge is 0.459 e. The van der Waals surface area contributed by atoms with Gasteiger partial charge in [0.1, 0.15) is 0 Å². The van der Waals surface area contributed by atoms with Gasteiger partial charge in [0.25, 0.3) is 0 Å². The second-order valence-corrected chi connectivity index (χ2v) is 8.05. The van der Waals surface area contributed by atoms with Crippen LogP contribution in [0.15, 0.2) is 53.7 Å². The number of esters is 1. The first-order valence-corrected chi connectivity index (χ1v) is 10.5. The molecule has 8 heteroatoms. The Morgan fingerprint density at radius 2 is 1.87 bits per heavy atom. The fourth-order valence-electron chi connectivity index (χ4n) is 2.73. The number of hydrogen-bond donors (Lipinski definition) is 1. The molecule has 0 aliphatic carbocycles. The van der Waals surface area contributed by atoms with Gasteiger partial charge < -0.3 is 14.6 Å². The lowest BCUT2D eigenvalue weighted by Crippen LogP contribution is -2.16. The Hall–Kier alpha value is -3.13. The minimum Gasteiger partial charge on any atom is -0.459 e. The molecule has 2 aromatic carbocycles. The average molecular weight is 425 g/mol. The van der Waals surface area contributed by atoms with Crippen LogP contribution >= 0.6 is 11.8 Å². The second kappa shape index (κ2) is 9.58. The van der Waals surface area contributed by atoms with Crippen molar-refractivity contribution in [3.63, 3.8) is 0 Å². The van der Waals surface area contributed by atoms with Gasteiger partial charge in [-0.2, -0.15) is 0 Å². The maximum atomic E-state index is 12.4. The number of nitrogens with one attached hydrogen (secondary N) is 1. The summed E-state index contributed by atoms with van der Waals surface area (Å²) in [6.45, 7) is 5.61. The van der Waals surface area contributed by atoms with Crippen LogP contribution in [0.3, 0.4) is 0 Å². The van der Waals surface area contributed by atoms with Crippen molar-refractivity contribution in [1.82, 2.24) is 14.8 Å². The van der Waals surface area contributed by atoms with Crippen LogP contribution in [0.25, 0.3) is 11.4 Å². The van der Waals surface area contributed by atoms with E-state index in [0.717, 1.165) is 11.4 Å². The van der Waals surface area contributed by atoms with Crippen molar-refractivity contribution in [2.24, 2.45) is 7.05 Å². The maximum absolute atomic E-state index is 12.4. The highest BCUT2D eigenvalue weighted by Gasteiger charge is 2.14. The van der Waals surface area contributed by atoms with Crippen LogP contribution < -0.4 is 5.32 Å². The van der Waals surface area contributed by atoms with Crippen molar-refractivity contribution in [3.8, 4) is 11.4 Å². The van der Waals surface area contributed by atoms with E-state index in [1.165, 1.54) is 17.3 Å². The van der Waals surface area contributed by atoms with Gasteiger partial charge in [-0.1, -0.05) is 47.7 Å². The number of carbonyl (C=O) groups excluding carboxylic acids is 2. The fraction of sp³-hybridized carbons (Fsp3) is 0.273. The standard InChI is InChI=1S/C22H24N4O3S/c1-14(2)29-21(28)17-6-5-7-18(12-17)23-19(27)13-30-22-25-24-20(26(22)4)16-10-8-15(3)9-11-16/h5-12,14H,13H2,1-4H3,(H,23,27). The molecule has 0 saturated carbocycles. The number of hydrogen-bond acceptors (Lipinski definition) is 6. The molecule has 1 heterocycles. The average Bonchev–Trinajstić information content (AvgIpc) is 3.07. The molecule has 1 aromatic heterocycles. The predicted molar refractivity (Wildman–Crippen MR) is 118 cm³/mol. The Bertz CT molecular complexity index is 1040. The molecule has 3 aromatic rings. The third-order valence-electron chi connectivity index (χ3n) is 4.20. The molecule has 0 aliphatic rings. The molecule has 0 aliphatic heterocycles. The van der Waals surface area contributed by atoms with E-state index >= 15 is 0 Å². The van der Waals surface area contributed by atoms with Crippen LogP contribution in [0.4, 0.5) is 5.69 Å². The van der Waals surface area contributed by atoms with Crippen molar-refractivity contribution in [2.75, 3.05) is 11.1 Å². The third kappa shape index (κ3) is 5.48. The van der Waals surface area contributed by atoms with Crippen LogP contribution in [0.1, 0.15) is 29.8 Å². The number of benzene rings is 2. The Kier molecular flexibility index (Phi) is 6.89. The number of ether oxygens (including phenoxy) is 1. The molecule has 0 radical (unpaired) electrons. The van der Waals surface area contributed by atoms with Gasteiger partial charge in [0.05, 0.1) is 17.4 Å². The first kappa shape index (κ1) is 21.6. The van der Waals surface area contributed by atoms with Gasteiger partial charge in [0.2, 0.25) is 5.91 Å². The van der Waals surface area contributed by atoms with Gasteiger partial charge in [-0.15, -0.1) is 10.2 Å². The molecule has 3 rings (SSSR count). The first-order valence-electron chi connectivity index (χ1n) is 9.53. The molecule has 1 N–H and O–H groups in total. The number of anilines is 1. The number of aromatic nitrogens is 3. The van der Waals surface area contributed by atoms with Crippen molar-refractivity contribution in [3.05, 3.63) is 59.7 Å². The molecule has 0 unspecified atom stereocenters. The first-order chi connectivity index (χ1) is 14.3. The van der Waals surface area contributed by atoms with Gasteiger partial charge in [-0.05, 0) is 39.0 Å². The molecular formula is C22H24N4O3S. The van der Waals surface area contributed by atoms with Crippen LogP contribution in [-0.2, 0) is 16.6 Å². The molecule has 156 valence electrons. The molecule has 0 fully saturated rings. The highest BCUT2D eigenvalue weighted by atomic mass is 32.2. The molecule has 0 spiro atoms. The zero-order valence-electron chi connectivity index (χ0n) is 17.4. The Morgan fingerprint density at radius 1 is 1.13 bits per heavy atom. The van der Waals surface area contributed by atoms with E-state index < -0.39 is 5.97 Å². The van der Waals surface area contributed by atoms with Crippen LogP contribution in [-0.4, -0.2) is 38.5 Å². The van der Waals surface area contributed by atoms with E-state index in [1.54, 1.807) is 38.1 Å². The van der Waals surface area contributed by atoms with Crippen LogP contribution in [0.5, 0.6) is 0 Å². The SMILES string of the molecule is Cc1ccc(-c2nnc(SCC(=O)Nc3cccc(C(=O)OC(C)C)c3)n2C)cc1. The monoisotopic (exact) mass is 424 g/mol. The fourth-order valence-corrected chi connectivity index (χ4v) is 3.44. The third-order valence-corrected chi connectivity index (χ3v) is 5.22. The van der Waals surface area contributed by atoms with Gasteiger partial charge in [-0.3, -0.25) is 4.79 Å². The number of nitrogens with zero attached hydrogens (tertiary/aromatic N) is 3. The van der Waals surface area contributed by atoms with Crippen LogP contribution in [0, 0.1) is 6.92 Å². The summed E-state index contributed by atoms with van der Waals surface area (Å²) in [5.41, 5.74) is 3.08. The second-order valence-electron chi connectivity index (χ2n) is 7.10. The molecule has 0 atom stereocenters. The van der Waals surface area contributed by atoms with E-state index in [4.69, 9.17) is 4.74 Å². The van der Waals surface area contributed by atoms with E-state index in [1.807, 2.05) is 42.8 Å². The highest BCUT2D eigenvalue weighted by molar-refractivity contribution is 7.99. The van der Waals surface area contributed by atoms with Crippen molar-refractivity contribution in [1.29, 1.82) is 0 Å². The minimum atomic E-state index is -0.418. The van der Waals surface area contributed by atoms with Gasteiger partial charge in [-0.25, -0.2) is 4.79 Å². The summed E-state index contributed by atoms with van der Waals surface area (Å²) in [5.74, 6) is 0.294. The lowest BCUT2D eigenvalue weighted by Gasteiger charge is -2.10. The highest BCUT2D eigenvalue weighted by Crippen LogP contribution is 2.23. The van der Waals surface area contributed by atoms with Gasteiger partial charge >= 0.3 is 5.97 Å². The lowest BCUT2D eigenvalue weighted by molar-refractivity contribution is -0.113. The van der Waals surface area contributed by atoms with Gasteiger partial charge in [0, 0.05) is 18.3 Å². The smallest absolute Gasteiger partial charge is 0.338 e. The van der Waals surface area contributed by atoms with Crippen molar-refractivity contribution < 1.29 is 14.3 Å². The van der Waals surface area contributed by atoms with Crippen molar-refractivity contribution in [2.45, 2.75) is 32.0 Å². The lowest BCUT2D eigenvalue weighted by atomic mass is 10.1. The maximum Gasteiger partial charge on any atom is 0.338 e. The molecule has 7 nitrogen and oxygen atoms in total. The molecule has 1 amide bonds. The van der Waals surface area contributed by atoms with Gasteiger partial charge in [0.15, 0.2) is 11.0 Å². The van der Waals surface area contributed by atoms with E-state index in [-0.39, 0.29) is 17.8 Å². The predicted octanol–water partition coefficient (Wildman–Crippen LogP) is 4.09. The van der Waals surface area contributed by atoms with Crippen LogP contribution in [0.2, 0.25) is 0 Å². The molecular weight excluding hydrogens is 400 g/mol. The minimum absolute atomic E-state index is 0.167. The Balaban J connectivity index is 1.60. The zero-order valence-corrected chi connectivity index (χ0v) is 18.2. The Morgan fingerprint density at radius 3 is 2.57 bits per heavy atom. The number of amides is 1. The summed E-state index contributed by atoms with van der Waals surface area (Å²) in [6.07, 6.45) is -0.205. The number of aryl methyl sites for hydroxylation is 1. The summed E-state index contributed by atoms with van der Waals surface area (Å²) in [4.78, 5) is 24.4. The summed E-state index contributed by atoms with van der Waals surface area (Å²) in [5, 5.41) is 11.9. The number of thioether (sulfide) groups is 1. The van der Waals surface area contributed by atoms with E-state index in [0.29, 0.717) is 16.4 Å². The number of carbonyl (C=O) groups is 2. The summed E-state index contributed by atoms with van der Waals surface area (Å²) in [6, 6.07) is 14.7.